The van der Waals surface area contributed by atoms with Crippen molar-refractivity contribution in [2.45, 2.75) is 322 Å². The van der Waals surface area contributed by atoms with Crippen LogP contribution in [0.15, 0.2) is 60.8 Å². The molecule has 2 atom stereocenters. The number of likely N-dealkylation sites (N-methyl/N-ethyl adjacent to an activating group) is 1. The number of esters is 2. The Balaban J connectivity index is 3.99. The number of allylic oxidation sites excluding steroid dienone is 10. The lowest BCUT2D eigenvalue weighted by molar-refractivity contribution is -0.870. The van der Waals surface area contributed by atoms with Crippen molar-refractivity contribution in [3.05, 3.63) is 60.8 Å². The third-order valence-corrected chi connectivity index (χ3v) is 15.8. The van der Waals surface area contributed by atoms with Gasteiger partial charge in [0.1, 0.15) is 19.8 Å². The topological polar surface area (TPSA) is 111 Å². The lowest BCUT2D eigenvalue weighted by Gasteiger charge is -2.28. The molecule has 79 heavy (non-hydrogen) atoms. The molecule has 0 aliphatic rings. The summed E-state index contributed by atoms with van der Waals surface area (Å²) in [5, 5.41) is 0. The molecule has 9 nitrogen and oxygen atoms in total. The zero-order valence-corrected chi connectivity index (χ0v) is 53.5. The quantitative estimate of drug-likeness (QED) is 0.0195. The van der Waals surface area contributed by atoms with Gasteiger partial charge < -0.3 is 27.9 Å². The SMILES string of the molecule is CC/C=C\C/C=C\C/C=C\C/C=C\C/C=C\CCCCCCCCCCCCCCCCCCCCCC(=O)OC(COC(=O)CCCCCCCCCCCCCCCCCCCCCC)COP(=O)([O-])OCC[N+](C)(C)C. The van der Waals surface area contributed by atoms with Gasteiger partial charge in [-0.25, -0.2) is 0 Å². The van der Waals surface area contributed by atoms with Crippen LogP contribution in [0.5, 0.6) is 0 Å². The number of ether oxygens (including phenoxy) is 2. The molecule has 0 saturated carbocycles. The zero-order chi connectivity index (χ0) is 57.7. The highest BCUT2D eigenvalue weighted by molar-refractivity contribution is 7.45. The number of phosphoric acid groups is 1. The minimum absolute atomic E-state index is 0.0288. The number of carbonyl (C=O) groups is 2. The minimum atomic E-state index is -4.64. The summed E-state index contributed by atoms with van der Waals surface area (Å²) >= 11 is 0. The molecule has 0 aromatic rings. The first-order valence-electron chi connectivity index (χ1n) is 33.5. The fourth-order valence-electron chi connectivity index (χ4n) is 9.69. The van der Waals surface area contributed by atoms with Crippen molar-refractivity contribution < 1.29 is 42.1 Å². The molecule has 462 valence electrons. The number of phosphoric ester groups is 1. The van der Waals surface area contributed by atoms with E-state index in [1.807, 2.05) is 21.1 Å². The number of carbonyl (C=O) groups excluding carboxylic acids is 2. The number of hydrogen-bond acceptors (Lipinski definition) is 8. The van der Waals surface area contributed by atoms with Gasteiger partial charge in [0.15, 0.2) is 6.10 Å². The Kier molecular flexibility index (Phi) is 58.6. The van der Waals surface area contributed by atoms with E-state index < -0.39 is 26.5 Å². The first-order valence-corrected chi connectivity index (χ1v) is 35.0. The van der Waals surface area contributed by atoms with Gasteiger partial charge in [-0.1, -0.05) is 306 Å². The summed E-state index contributed by atoms with van der Waals surface area (Å²) in [7, 11) is 1.18. The van der Waals surface area contributed by atoms with E-state index in [0.29, 0.717) is 17.4 Å². The molecule has 0 N–H and O–H groups in total. The number of unbranched alkanes of at least 4 members (excludes halogenated alkanes) is 38. The molecule has 10 heteroatoms. The highest BCUT2D eigenvalue weighted by atomic mass is 31.2. The van der Waals surface area contributed by atoms with E-state index in [2.05, 4.69) is 74.6 Å². The summed E-state index contributed by atoms with van der Waals surface area (Å²) in [6.07, 6.45) is 78.7. The third kappa shape index (κ3) is 64.7. The summed E-state index contributed by atoms with van der Waals surface area (Å²) in [6.45, 7) is 4.18. The molecule has 0 aromatic carbocycles. The lowest BCUT2D eigenvalue weighted by atomic mass is 10.0. The van der Waals surface area contributed by atoms with E-state index in [0.717, 1.165) is 70.6 Å². The molecule has 0 spiro atoms. The van der Waals surface area contributed by atoms with E-state index in [4.69, 9.17) is 18.5 Å². The standard InChI is InChI=1S/C69H128NO8P/c1-6-8-10-12-14-16-18-20-22-24-26-28-29-30-31-32-33-34-35-36-37-38-39-40-41-42-44-46-48-50-52-54-56-58-60-62-69(72)78-67(66-77-79(73,74)76-64-63-70(3,4)5)65-75-68(71)61-59-57-55-53-51-49-47-45-43-27-25-23-21-19-17-15-13-11-9-7-2/h8,10,14,16,20,22,26,28,30-31,67H,6-7,9,11-13,15,17-19,21,23-25,27,29,32-66H2,1-5H3/b10-8-,16-14-,22-20-,28-26-,31-30-. The van der Waals surface area contributed by atoms with Crippen molar-refractivity contribution in [2.24, 2.45) is 0 Å². The van der Waals surface area contributed by atoms with Crippen LogP contribution in [-0.4, -0.2) is 70.0 Å². The largest absolute Gasteiger partial charge is 0.756 e. The number of rotatable bonds is 62. The second-order valence-corrected chi connectivity index (χ2v) is 25.2. The summed E-state index contributed by atoms with van der Waals surface area (Å²) in [4.78, 5) is 38.0. The molecule has 0 radical (unpaired) electrons. The van der Waals surface area contributed by atoms with Gasteiger partial charge in [0.2, 0.25) is 0 Å². The van der Waals surface area contributed by atoms with Crippen molar-refractivity contribution in [1.29, 1.82) is 0 Å². The zero-order valence-electron chi connectivity index (χ0n) is 52.6. The van der Waals surface area contributed by atoms with Crippen LogP contribution < -0.4 is 4.89 Å². The molecule has 0 aliphatic heterocycles. The van der Waals surface area contributed by atoms with Crippen LogP contribution in [0, 0.1) is 0 Å². The normalized spacial score (nSPS) is 13.5. The van der Waals surface area contributed by atoms with E-state index in [-0.39, 0.29) is 32.0 Å². The van der Waals surface area contributed by atoms with Crippen LogP contribution in [0.2, 0.25) is 0 Å². The molecule has 0 amide bonds. The van der Waals surface area contributed by atoms with Gasteiger partial charge in [-0.05, 0) is 57.8 Å². The highest BCUT2D eigenvalue weighted by Gasteiger charge is 2.22. The Morgan fingerprint density at radius 1 is 0.405 bits per heavy atom. The Morgan fingerprint density at radius 2 is 0.722 bits per heavy atom. The Morgan fingerprint density at radius 3 is 1.08 bits per heavy atom. The molecular formula is C69H128NO8P. The van der Waals surface area contributed by atoms with Crippen LogP contribution in [0.1, 0.15) is 316 Å². The van der Waals surface area contributed by atoms with Gasteiger partial charge in [0, 0.05) is 12.8 Å². The molecule has 2 unspecified atom stereocenters. The molecule has 0 aromatic heterocycles. The fourth-order valence-corrected chi connectivity index (χ4v) is 10.4. The van der Waals surface area contributed by atoms with E-state index in [1.54, 1.807) is 0 Å². The molecule has 0 aliphatic carbocycles. The van der Waals surface area contributed by atoms with Crippen molar-refractivity contribution in [3.63, 3.8) is 0 Å². The van der Waals surface area contributed by atoms with Gasteiger partial charge >= 0.3 is 11.9 Å². The van der Waals surface area contributed by atoms with Crippen LogP contribution in [-0.2, 0) is 32.7 Å². The van der Waals surface area contributed by atoms with Gasteiger partial charge in [-0.2, -0.15) is 0 Å². The summed E-state index contributed by atoms with van der Waals surface area (Å²) in [5.74, 6) is -0.815. The van der Waals surface area contributed by atoms with Crippen LogP contribution in [0.3, 0.4) is 0 Å². The average Bonchev–Trinajstić information content (AvgIpc) is 3.41. The van der Waals surface area contributed by atoms with Gasteiger partial charge in [-0.3, -0.25) is 14.2 Å². The summed E-state index contributed by atoms with van der Waals surface area (Å²) < 4.78 is 34.3. The molecule has 0 fully saturated rings. The fraction of sp³-hybridized carbons (Fsp3) is 0.826. The lowest BCUT2D eigenvalue weighted by Crippen LogP contribution is -2.37. The molecule has 0 heterocycles. The van der Waals surface area contributed by atoms with Gasteiger partial charge in [0.25, 0.3) is 7.82 Å². The molecular weight excluding hydrogens is 1000 g/mol. The molecule has 0 saturated heterocycles. The van der Waals surface area contributed by atoms with Crippen LogP contribution in [0.4, 0.5) is 0 Å². The van der Waals surface area contributed by atoms with Crippen LogP contribution >= 0.6 is 7.82 Å². The second-order valence-electron chi connectivity index (χ2n) is 23.8. The average molecular weight is 1130 g/mol. The van der Waals surface area contributed by atoms with Crippen LogP contribution in [0.25, 0.3) is 0 Å². The van der Waals surface area contributed by atoms with E-state index in [9.17, 15) is 19.0 Å². The number of quaternary nitrogens is 1. The summed E-state index contributed by atoms with van der Waals surface area (Å²) in [6, 6.07) is 0. The molecule has 0 rings (SSSR count). The van der Waals surface area contributed by atoms with E-state index in [1.165, 1.54) is 212 Å². The van der Waals surface area contributed by atoms with Crippen molar-refractivity contribution in [3.8, 4) is 0 Å². The Hall–Kier alpha value is -2.29. The van der Waals surface area contributed by atoms with Crippen molar-refractivity contribution >= 4 is 19.8 Å². The smallest absolute Gasteiger partial charge is 0.306 e. The Bertz CT molecular complexity index is 1520. The first kappa shape index (κ1) is 76.7. The highest BCUT2D eigenvalue weighted by Crippen LogP contribution is 2.38. The van der Waals surface area contributed by atoms with Crippen molar-refractivity contribution in [2.75, 3.05) is 47.5 Å². The summed E-state index contributed by atoms with van der Waals surface area (Å²) in [5.41, 5.74) is 0. The predicted octanol–water partition coefficient (Wildman–Crippen LogP) is 20.8. The third-order valence-electron chi connectivity index (χ3n) is 14.8. The number of nitrogens with zero attached hydrogens (tertiary/aromatic N) is 1. The number of hydrogen-bond donors (Lipinski definition) is 0. The van der Waals surface area contributed by atoms with Gasteiger partial charge in [0.05, 0.1) is 27.7 Å². The maximum absolute atomic E-state index is 12.8. The van der Waals surface area contributed by atoms with E-state index >= 15 is 0 Å². The minimum Gasteiger partial charge on any atom is -0.756 e. The second kappa shape index (κ2) is 60.3. The van der Waals surface area contributed by atoms with Gasteiger partial charge in [-0.15, -0.1) is 0 Å². The Labute approximate surface area is 489 Å². The maximum atomic E-state index is 12.8. The first-order chi connectivity index (χ1) is 38.5. The predicted molar refractivity (Wildman–Crippen MR) is 337 cm³/mol. The monoisotopic (exact) mass is 1130 g/mol. The van der Waals surface area contributed by atoms with Crippen molar-refractivity contribution in [1.82, 2.24) is 0 Å². The molecule has 0 bridgehead atoms. The maximum Gasteiger partial charge on any atom is 0.306 e.